The molecule has 0 N–H and O–H groups in total. The van der Waals surface area contributed by atoms with E-state index in [0.717, 1.165) is 56.4 Å². The Hall–Kier alpha value is -1.69. The second-order valence-corrected chi connectivity index (χ2v) is 8.40. The average molecular weight is 343 g/mol. The molecule has 1 amide bonds. The Morgan fingerprint density at radius 3 is 2.56 bits per heavy atom. The maximum absolute atomic E-state index is 12.9. The van der Waals surface area contributed by atoms with E-state index in [1.54, 1.807) is 0 Å². The van der Waals surface area contributed by atoms with Crippen LogP contribution in [0.15, 0.2) is 6.20 Å². The summed E-state index contributed by atoms with van der Waals surface area (Å²) in [6.07, 6.45) is 5.17. The summed E-state index contributed by atoms with van der Waals surface area (Å²) >= 11 is 0. The number of nitrogens with zero attached hydrogens (tertiary/aromatic N) is 5. The van der Waals surface area contributed by atoms with Crippen LogP contribution in [0, 0.1) is 11.3 Å². The molecule has 3 heterocycles. The molecule has 0 spiro atoms. The van der Waals surface area contributed by atoms with E-state index in [9.17, 15) is 4.79 Å². The van der Waals surface area contributed by atoms with Gasteiger partial charge < -0.3 is 14.7 Å². The number of anilines is 1. The minimum absolute atomic E-state index is 0.224. The number of likely N-dealkylation sites (N-methyl/N-ethyl adjacent to an activating group) is 1. The zero-order valence-corrected chi connectivity index (χ0v) is 15.7. The SMILES string of the molecule is CN1CCN(c2ncc3c(n2)CCN(C(=O)C(C)(C)C2CC2)C3)CC1. The highest BCUT2D eigenvalue weighted by Crippen LogP contribution is 2.46. The maximum Gasteiger partial charge on any atom is 0.228 e. The fourth-order valence-electron chi connectivity index (χ4n) is 4.02. The second-order valence-electron chi connectivity index (χ2n) is 8.40. The number of hydrogen-bond donors (Lipinski definition) is 0. The standard InChI is InChI=1S/C19H29N5O/c1-19(2,15-4-5-15)17(25)24-7-6-16-14(13-24)12-20-18(21-16)23-10-8-22(3)9-11-23/h12,15H,4-11,13H2,1-3H3. The van der Waals surface area contributed by atoms with Crippen molar-refractivity contribution in [1.82, 2.24) is 19.8 Å². The van der Waals surface area contributed by atoms with Crippen LogP contribution in [0.5, 0.6) is 0 Å². The molecule has 1 aromatic rings. The fraction of sp³-hybridized carbons (Fsp3) is 0.737. The van der Waals surface area contributed by atoms with Gasteiger partial charge in [0.25, 0.3) is 0 Å². The van der Waals surface area contributed by atoms with E-state index in [1.807, 2.05) is 11.1 Å². The molecule has 6 nitrogen and oxygen atoms in total. The van der Waals surface area contributed by atoms with Crippen LogP contribution in [0.2, 0.25) is 0 Å². The van der Waals surface area contributed by atoms with Crippen LogP contribution in [0.4, 0.5) is 5.95 Å². The molecule has 1 saturated carbocycles. The molecule has 1 aromatic heterocycles. The predicted molar refractivity (Wildman–Crippen MR) is 97.4 cm³/mol. The number of fused-ring (bicyclic) bond motifs is 1. The van der Waals surface area contributed by atoms with Crippen LogP contribution in [0.25, 0.3) is 0 Å². The molecule has 0 unspecified atom stereocenters. The summed E-state index contributed by atoms with van der Waals surface area (Å²) in [6.45, 7) is 9.72. The van der Waals surface area contributed by atoms with Crippen LogP contribution in [0.1, 0.15) is 37.9 Å². The van der Waals surface area contributed by atoms with Gasteiger partial charge >= 0.3 is 0 Å². The quantitative estimate of drug-likeness (QED) is 0.833. The molecule has 6 heteroatoms. The van der Waals surface area contributed by atoms with Gasteiger partial charge in [0.1, 0.15) is 0 Å². The highest BCUT2D eigenvalue weighted by atomic mass is 16.2. The Bertz CT molecular complexity index is 662. The monoisotopic (exact) mass is 343 g/mol. The van der Waals surface area contributed by atoms with Crippen LogP contribution in [-0.2, 0) is 17.8 Å². The van der Waals surface area contributed by atoms with Crippen molar-refractivity contribution in [2.24, 2.45) is 11.3 Å². The topological polar surface area (TPSA) is 52.6 Å². The molecule has 1 saturated heterocycles. The predicted octanol–water partition coefficient (Wildman–Crippen LogP) is 1.55. The summed E-state index contributed by atoms with van der Waals surface area (Å²) in [5.41, 5.74) is 2.01. The van der Waals surface area contributed by atoms with E-state index in [2.05, 4.69) is 35.7 Å². The molecular weight excluding hydrogens is 314 g/mol. The van der Waals surface area contributed by atoms with E-state index in [0.29, 0.717) is 18.4 Å². The van der Waals surface area contributed by atoms with Gasteiger partial charge in [-0.3, -0.25) is 4.79 Å². The summed E-state index contributed by atoms with van der Waals surface area (Å²) in [4.78, 5) is 29.0. The number of carbonyl (C=O) groups excluding carboxylic acids is 1. The summed E-state index contributed by atoms with van der Waals surface area (Å²) in [7, 11) is 2.15. The Morgan fingerprint density at radius 1 is 1.16 bits per heavy atom. The third-order valence-corrected chi connectivity index (χ3v) is 6.14. The third kappa shape index (κ3) is 3.24. The van der Waals surface area contributed by atoms with Crippen LogP contribution in [-0.4, -0.2) is 65.4 Å². The first-order valence-corrected chi connectivity index (χ1v) is 9.53. The summed E-state index contributed by atoms with van der Waals surface area (Å²) in [5.74, 6) is 1.71. The molecule has 3 aliphatic rings. The molecular formula is C19H29N5O. The molecule has 0 atom stereocenters. The largest absolute Gasteiger partial charge is 0.338 e. The summed E-state index contributed by atoms with van der Waals surface area (Å²) < 4.78 is 0. The van der Waals surface area contributed by atoms with Gasteiger partial charge in [-0.1, -0.05) is 13.8 Å². The molecule has 2 fully saturated rings. The Labute approximate surface area is 150 Å². The van der Waals surface area contributed by atoms with E-state index < -0.39 is 0 Å². The van der Waals surface area contributed by atoms with Crippen LogP contribution >= 0.6 is 0 Å². The molecule has 0 aromatic carbocycles. The highest BCUT2D eigenvalue weighted by molar-refractivity contribution is 5.83. The van der Waals surface area contributed by atoms with E-state index in [-0.39, 0.29) is 5.41 Å². The number of hydrogen-bond acceptors (Lipinski definition) is 5. The van der Waals surface area contributed by atoms with Gasteiger partial charge in [-0.15, -0.1) is 0 Å². The maximum atomic E-state index is 12.9. The van der Waals surface area contributed by atoms with Crippen molar-refractivity contribution in [3.63, 3.8) is 0 Å². The minimum Gasteiger partial charge on any atom is -0.338 e. The van der Waals surface area contributed by atoms with Crippen molar-refractivity contribution in [1.29, 1.82) is 0 Å². The van der Waals surface area contributed by atoms with Crippen LogP contribution < -0.4 is 4.90 Å². The van der Waals surface area contributed by atoms with Gasteiger partial charge in [0.15, 0.2) is 0 Å². The first kappa shape index (κ1) is 16.8. The van der Waals surface area contributed by atoms with Gasteiger partial charge in [-0.05, 0) is 25.8 Å². The highest BCUT2D eigenvalue weighted by Gasteiger charge is 2.45. The number of amides is 1. The molecule has 4 rings (SSSR count). The average Bonchev–Trinajstić information content (AvgIpc) is 3.46. The molecule has 1 aliphatic carbocycles. The first-order valence-electron chi connectivity index (χ1n) is 9.53. The van der Waals surface area contributed by atoms with E-state index >= 15 is 0 Å². The third-order valence-electron chi connectivity index (χ3n) is 6.14. The number of rotatable bonds is 3. The van der Waals surface area contributed by atoms with Gasteiger partial charge in [-0.2, -0.15) is 0 Å². The number of aromatic nitrogens is 2. The first-order chi connectivity index (χ1) is 11.9. The molecule has 0 bridgehead atoms. The van der Waals surface area contributed by atoms with Gasteiger partial charge in [-0.25, -0.2) is 9.97 Å². The number of carbonyl (C=O) groups is 1. The van der Waals surface area contributed by atoms with Gasteiger partial charge in [0.05, 0.1) is 5.69 Å². The smallest absolute Gasteiger partial charge is 0.228 e. The molecule has 25 heavy (non-hydrogen) atoms. The lowest BCUT2D eigenvalue weighted by molar-refractivity contribution is -0.142. The summed E-state index contributed by atoms with van der Waals surface area (Å²) in [5, 5.41) is 0. The Balaban J connectivity index is 1.46. The molecule has 0 radical (unpaired) electrons. The lowest BCUT2D eigenvalue weighted by Gasteiger charge is -2.36. The zero-order valence-electron chi connectivity index (χ0n) is 15.7. The van der Waals surface area contributed by atoms with Crippen molar-refractivity contribution < 1.29 is 4.79 Å². The lowest BCUT2D eigenvalue weighted by Crippen LogP contribution is -2.46. The van der Waals surface area contributed by atoms with Crippen molar-refractivity contribution in [2.75, 3.05) is 44.7 Å². The van der Waals surface area contributed by atoms with Crippen molar-refractivity contribution in [3.8, 4) is 0 Å². The second kappa shape index (κ2) is 6.24. The van der Waals surface area contributed by atoms with Crippen LogP contribution in [0.3, 0.4) is 0 Å². The van der Waals surface area contributed by atoms with E-state index in [1.165, 1.54) is 12.8 Å². The van der Waals surface area contributed by atoms with Gasteiger partial charge in [0, 0.05) is 62.9 Å². The Morgan fingerprint density at radius 2 is 1.88 bits per heavy atom. The van der Waals surface area contributed by atoms with E-state index in [4.69, 9.17) is 4.98 Å². The van der Waals surface area contributed by atoms with Crippen molar-refractivity contribution >= 4 is 11.9 Å². The summed E-state index contributed by atoms with van der Waals surface area (Å²) in [6, 6.07) is 0. The molecule has 136 valence electrons. The Kier molecular flexibility index (Phi) is 4.18. The van der Waals surface area contributed by atoms with Crippen molar-refractivity contribution in [3.05, 3.63) is 17.5 Å². The van der Waals surface area contributed by atoms with Crippen molar-refractivity contribution in [2.45, 2.75) is 39.7 Å². The zero-order chi connectivity index (χ0) is 17.6. The minimum atomic E-state index is -0.224. The number of piperazine rings is 1. The molecule has 2 aliphatic heterocycles. The fourth-order valence-corrected chi connectivity index (χ4v) is 4.02. The lowest BCUT2D eigenvalue weighted by atomic mass is 9.85. The normalized spacial score (nSPS) is 22.0. The van der Waals surface area contributed by atoms with Gasteiger partial charge in [0.2, 0.25) is 11.9 Å².